The van der Waals surface area contributed by atoms with Gasteiger partial charge in [0.15, 0.2) is 0 Å². The Kier molecular flexibility index (Phi) is 4.30. The lowest BCUT2D eigenvalue weighted by Crippen LogP contribution is -2.47. The van der Waals surface area contributed by atoms with Crippen LogP contribution in [0.25, 0.3) is 0 Å². The monoisotopic (exact) mass is 262 g/mol. The molecule has 1 N–H and O–H groups in total. The summed E-state index contributed by atoms with van der Waals surface area (Å²) >= 11 is 0. The second-order valence-electron chi connectivity index (χ2n) is 5.24. The van der Waals surface area contributed by atoms with Crippen molar-refractivity contribution in [1.29, 1.82) is 0 Å². The topological polar surface area (TPSA) is 43.8 Å². The van der Waals surface area contributed by atoms with Gasteiger partial charge >= 0.3 is 6.03 Å². The summed E-state index contributed by atoms with van der Waals surface area (Å²) in [5.41, 5.74) is 0.755. The highest BCUT2D eigenvalue weighted by Crippen LogP contribution is 2.23. The van der Waals surface area contributed by atoms with E-state index in [9.17, 15) is 9.90 Å². The minimum Gasteiger partial charge on any atom is -0.508 e. The number of nitrogens with zero attached hydrogens (tertiary/aromatic N) is 2. The Morgan fingerprint density at radius 2 is 2.32 bits per heavy atom. The Hall–Kier alpha value is -1.71. The van der Waals surface area contributed by atoms with Crippen molar-refractivity contribution in [2.45, 2.75) is 26.7 Å². The smallest absolute Gasteiger partial charge is 0.324 e. The molecule has 1 aliphatic heterocycles. The van der Waals surface area contributed by atoms with Crippen LogP contribution in [0, 0.1) is 5.92 Å². The van der Waals surface area contributed by atoms with E-state index in [2.05, 4.69) is 6.92 Å². The Labute approximate surface area is 114 Å². The van der Waals surface area contributed by atoms with Crippen molar-refractivity contribution in [3.8, 4) is 5.75 Å². The quantitative estimate of drug-likeness (QED) is 0.890. The fourth-order valence-electron chi connectivity index (χ4n) is 2.62. The van der Waals surface area contributed by atoms with E-state index < -0.39 is 0 Å². The van der Waals surface area contributed by atoms with Gasteiger partial charge in [0.2, 0.25) is 0 Å². The first-order valence-corrected chi connectivity index (χ1v) is 6.97. The number of piperidine rings is 1. The summed E-state index contributed by atoms with van der Waals surface area (Å²) in [6.07, 6.45) is 2.27. The molecule has 4 heteroatoms. The first kappa shape index (κ1) is 13.7. The van der Waals surface area contributed by atoms with Gasteiger partial charge in [-0.1, -0.05) is 13.0 Å². The molecule has 0 saturated carbocycles. The Morgan fingerprint density at radius 1 is 1.53 bits per heavy atom. The maximum Gasteiger partial charge on any atom is 0.324 e. The minimum atomic E-state index is 0.0413. The number of urea groups is 1. The second kappa shape index (κ2) is 5.95. The van der Waals surface area contributed by atoms with Gasteiger partial charge in [-0.3, -0.25) is 4.90 Å². The van der Waals surface area contributed by atoms with Crippen molar-refractivity contribution in [3.05, 3.63) is 24.3 Å². The summed E-state index contributed by atoms with van der Waals surface area (Å²) in [7, 11) is 0. The first-order chi connectivity index (χ1) is 9.11. The van der Waals surface area contributed by atoms with Gasteiger partial charge in [-0.2, -0.15) is 0 Å². The van der Waals surface area contributed by atoms with Crippen molar-refractivity contribution < 1.29 is 9.90 Å². The lowest BCUT2D eigenvalue weighted by Gasteiger charge is -2.35. The third-order valence-electron chi connectivity index (χ3n) is 3.62. The predicted octanol–water partition coefficient (Wildman–Crippen LogP) is 3.07. The van der Waals surface area contributed by atoms with Gasteiger partial charge in [-0.25, -0.2) is 4.79 Å². The average molecular weight is 262 g/mol. The maximum atomic E-state index is 12.6. The summed E-state index contributed by atoms with van der Waals surface area (Å²) in [5.74, 6) is 0.761. The zero-order valence-electron chi connectivity index (χ0n) is 11.7. The zero-order valence-corrected chi connectivity index (χ0v) is 11.7. The van der Waals surface area contributed by atoms with E-state index in [4.69, 9.17) is 0 Å². The highest BCUT2D eigenvalue weighted by molar-refractivity contribution is 5.92. The summed E-state index contributed by atoms with van der Waals surface area (Å²) in [5, 5.41) is 9.54. The highest BCUT2D eigenvalue weighted by Gasteiger charge is 2.25. The van der Waals surface area contributed by atoms with Crippen LogP contribution in [0.2, 0.25) is 0 Å². The molecule has 1 aromatic rings. The molecule has 2 amide bonds. The number of hydrogen-bond acceptors (Lipinski definition) is 2. The minimum absolute atomic E-state index is 0.0413. The van der Waals surface area contributed by atoms with E-state index in [-0.39, 0.29) is 11.8 Å². The second-order valence-corrected chi connectivity index (χ2v) is 5.24. The number of carbonyl (C=O) groups is 1. The van der Waals surface area contributed by atoms with Gasteiger partial charge in [0, 0.05) is 31.4 Å². The van der Waals surface area contributed by atoms with Gasteiger partial charge < -0.3 is 10.0 Å². The number of phenols is 1. The molecule has 2 rings (SSSR count). The van der Waals surface area contributed by atoms with Gasteiger partial charge in [0.25, 0.3) is 0 Å². The Morgan fingerprint density at radius 3 is 2.95 bits per heavy atom. The first-order valence-electron chi connectivity index (χ1n) is 6.97. The number of phenolic OH excluding ortho intramolecular Hbond substituents is 1. The molecule has 1 fully saturated rings. The number of amides is 2. The number of likely N-dealkylation sites (tertiary alicyclic amines) is 1. The van der Waals surface area contributed by atoms with Crippen molar-refractivity contribution in [2.24, 2.45) is 5.92 Å². The molecule has 1 atom stereocenters. The van der Waals surface area contributed by atoms with E-state index in [1.54, 1.807) is 23.1 Å². The normalized spacial score (nSPS) is 19.3. The highest BCUT2D eigenvalue weighted by atomic mass is 16.3. The number of rotatable bonds is 2. The fourth-order valence-corrected chi connectivity index (χ4v) is 2.62. The van der Waals surface area contributed by atoms with Crippen LogP contribution in [0.4, 0.5) is 10.5 Å². The molecule has 0 bridgehead atoms. The molecule has 0 aromatic heterocycles. The summed E-state index contributed by atoms with van der Waals surface area (Å²) < 4.78 is 0. The molecule has 0 radical (unpaired) electrons. The SMILES string of the molecule is CCN(C(=O)N1CCCC(C)C1)c1cccc(O)c1. The van der Waals surface area contributed by atoms with E-state index in [1.165, 1.54) is 6.42 Å². The van der Waals surface area contributed by atoms with E-state index in [1.807, 2.05) is 17.9 Å². The van der Waals surface area contributed by atoms with E-state index >= 15 is 0 Å². The maximum absolute atomic E-state index is 12.6. The van der Waals surface area contributed by atoms with Crippen LogP contribution in [0.15, 0.2) is 24.3 Å². The van der Waals surface area contributed by atoms with Crippen LogP contribution in [0.5, 0.6) is 5.75 Å². The number of anilines is 1. The Balaban J connectivity index is 2.15. The van der Waals surface area contributed by atoms with Crippen LogP contribution in [0.3, 0.4) is 0 Å². The molecule has 0 aliphatic carbocycles. The van der Waals surface area contributed by atoms with Gasteiger partial charge in [-0.05, 0) is 37.8 Å². The average Bonchev–Trinajstić information content (AvgIpc) is 2.39. The molecule has 1 unspecified atom stereocenters. The molecular weight excluding hydrogens is 240 g/mol. The third kappa shape index (κ3) is 3.19. The molecule has 1 heterocycles. The lowest BCUT2D eigenvalue weighted by molar-refractivity contribution is 0.176. The van der Waals surface area contributed by atoms with E-state index in [0.29, 0.717) is 12.5 Å². The number of carbonyl (C=O) groups excluding carboxylic acids is 1. The molecular formula is C15H22N2O2. The zero-order chi connectivity index (χ0) is 13.8. The van der Waals surface area contributed by atoms with Crippen LogP contribution in [-0.4, -0.2) is 35.7 Å². The Bertz CT molecular complexity index is 448. The van der Waals surface area contributed by atoms with Crippen LogP contribution >= 0.6 is 0 Å². The van der Waals surface area contributed by atoms with Gasteiger partial charge in [0.1, 0.15) is 5.75 Å². The summed E-state index contributed by atoms with van der Waals surface area (Å²) in [4.78, 5) is 16.2. The molecule has 4 nitrogen and oxygen atoms in total. The van der Waals surface area contributed by atoms with Crippen LogP contribution in [-0.2, 0) is 0 Å². The number of aromatic hydroxyl groups is 1. The lowest BCUT2D eigenvalue weighted by atomic mass is 10.0. The van der Waals surface area contributed by atoms with Crippen molar-refractivity contribution >= 4 is 11.7 Å². The third-order valence-corrected chi connectivity index (χ3v) is 3.62. The molecule has 104 valence electrons. The predicted molar refractivity (Wildman–Crippen MR) is 76.5 cm³/mol. The van der Waals surface area contributed by atoms with Crippen molar-refractivity contribution in [1.82, 2.24) is 4.90 Å². The molecule has 0 spiro atoms. The van der Waals surface area contributed by atoms with Crippen molar-refractivity contribution in [2.75, 3.05) is 24.5 Å². The fraction of sp³-hybridized carbons (Fsp3) is 0.533. The molecule has 1 aromatic carbocycles. The molecule has 1 aliphatic rings. The van der Waals surface area contributed by atoms with Gasteiger partial charge in [0.05, 0.1) is 0 Å². The largest absolute Gasteiger partial charge is 0.508 e. The number of hydrogen-bond donors (Lipinski definition) is 1. The van der Waals surface area contributed by atoms with E-state index in [0.717, 1.165) is 25.2 Å². The molecule has 1 saturated heterocycles. The van der Waals surface area contributed by atoms with Crippen LogP contribution < -0.4 is 4.90 Å². The standard InChI is InChI=1S/C15H22N2O2/c1-3-17(13-7-4-8-14(18)10-13)15(19)16-9-5-6-12(2)11-16/h4,7-8,10,12,18H,3,5-6,9,11H2,1-2H3. The summed E-state index contributed by atoms with van der Waals surface area (Å²) in [6, 6.07) is 6.91. The van der Waals surface area contributed by atoms with Crippen molar-refractivity contribution in [3.63, 3.8) is 0 Å². The van der Waals surface area contributed by atoms with Gasteiger partial charge in [-0.15, -0.1) is 0 Å². The number of benzene rings is 1. The summed E-state index contributed by atoms with van der Waals surface area (Å²) in [6.45, 7) is 6.40. The van der Waals surface area contributed by atoms with Crippen LogP contribution in [0.1, 0.15) is 26.7 Å². The molecule has 19 heavy (non-hydrogen) atoms.